The zero-order chi connectivity index (χ0) is 12.1. The number of methoxy groups -OCH3 is 1. The first kappa shape index (κ1) is 12.9. The Morgan fingerprint density at radius 1 is 1.44 bits per heavy atom. The number of pyridine rings is 1. The van der Waals surface area contributed by atoms with E-state index >= 15 is 0 Å². The second-order valence-electron chi connectivity index (χ2n) is 3.61. The summed E-state index contributed by atoms with van der Waals surface area (Å²) in [5, 5.41) is 28.1. The molecule has 0 aliphatic carbocycles. The van der Waals surface area contributed by atoms with E-state index in [-0.39, 0.29) is 13.0 Å². The average molecular weight is 227 g/mol. The Morgan fingerprint density at radius 2 is 2.12 bits per heavy atom. The normalized spacial score (nSPS) is 14.6. The number of ether oxygens (including phenoxy) is 1. The fourth-order valence-electron chi connectivity index (χ4n) is 1.46. The third kappa shape index (κ3) is 2.91. The smallest absolute Gasteiger partial charge is 0.213 e. The van der Waals surface area contributed by atoms with Crippen LogP contribution in [0.1, 0.15) is 23.7 Å². The van der Waals surface area contributed by atoms with Crippen LogP contribution in [0.5, 0.6) is 5.88 Å². The number of aromatic nitrogens is 1. The van der Waals surface area contributed by atoms with Crippen molar-refractivity contribution in [2.24, 2.45) is 0 Å². The van der Waals surface area contributed by atoms with E-state index in [1.165, 1.54) is 13.3 Å². The summed E-state index contributed by atoms with van der Waals surface area (Å²) in [4.78, 5) is 3.97. The number of nitrogens with zero attached hydrogens (tertiary/aromatic N) is 1. The lowest BCUT2D eigenvalue weighted by atomic mass is 10.0. The predicted molar refractivity (Wildman–Crippen MR) is 58.2 cm³/mol. The Morgan fingerprint density at radius 3 is 2.62 bits per heavy atom. The summed E-state index contributed by atoms with van der Waals surface area (Å²) in [6, 6.07) is 1.68. The summed E-state index contributed by atoms with van der Waals surface area (Å²) >= 11 is 0. The molecular formula is C11H17NO4. The van der Waals surface area contributed by atoms with Gasteiger partial charge in [0, 0.05) is 24.4 Å². The van der Waals surface area contributed by atoms with Gasteiger partial charge in [-0.3, -0.25) is 0 Å². The van der Waals surface area contributed by atoms with Gasteiger partial charge in [-0.25, -0.2) is 4.98 Å². The molecule has 1 heterocycles. The molecule has 0 amide bonds. The van der Waals surface area contributed by atoms with E-state index in [4.69, 9.17) is 9.84 Å². The molecule has 16 heavy (non-hydrogen) atoms. The van der Waals surface area contributed by atoms with Crippen LogP contribution in [-0.4, -0.2) is 40.1 Å². The number of aryl methyl sites for hydroxylation is 1. The average Bonchev–Trinajstić information content (AvgIpc) is 2.28. The van der Waals surface area contributed by atoms with E-state index < -0.39 is 12.2 Å². The lowest BCUT2D eigenvalue weighted by molar-refractivity contribution is 0.00366. The summed E-state index contributed by atoms with van der Waals surface area (Å²) < 4.78 is 4.94. The summed E-state index contributed by atoms with van der Waals surface area (Å²) in [6.45, 7) is 1.63. The number of rotatable bonds is 5. The molecule has 2 unspecified atom stereocenters. The standard InChI is InChI=1S/C11H17NO4/c1-7-5-10(16-2)12-6-8(7)11(15)9(14)3-4-13/h5-6,9,11,13-15H,3-4H2,1-2H3. The molecule has 0 radical (unpaired) electrons. The zero-order valence-corrected chi connectivity index (χ0v) is 9.42. The molecule has 1 aromatic rings. The molecule has 90 valence electrons. The van der Waals surface area contributed by atoms with E-state index in [2.05, 4.69) is 4.98 Å². The van der Waals surface area contributed by atoms with Gasteiger partial charge in [0.1, 0.15) is 6.10 Å². The Bertz CT molecular complexity index is 343. The fraction of sp³-hybridized carbons (Fsp3) is 0.545. The second-order valence-corrected chi connectivity index (χ2v) is 3.61. The number of hydrogen-bond acceptors (Lipinski definition) is 5. The van der Waals surface area contributed by atoms with Crippen molar-refractivity contribution in [3.05, 3.63) is 23.4 Å². The van der Waals surface area contributed by atoms with Crippen molar-refractivity contribution in [2.45, 2.75) is 25.6 Å². The molecule has 1 rings (SSSR count). The second kappa shape index (κ2) is 5.79. The molecule has 0 aromatic carbocycles. The maximum Gasteiger partial charge on any atom is 0.213 e. The van der Waals surface area contributed by atoms with Crippen molar-refractivity contribution in [3.63, 3.8) is 0 Å². The van der Waals surface area contributed by atoms with Crippen molar-refractivity contribution in [1.82, 2.24) is 4.98 Å². The van der Waals surface area contributed by atoms with Gasteiger partial charge in [0.25, 0.3) is 0 Å². The van der Waals surface area contributed by atoms with Crippen LogP contribution in [0.25, 0.3) is 0 Å². The maximum absolute atomic E-state index is 9.82. The first-order chi connectivity index (χ1) is 7.60. The molecule has 0 spiro atoms. The molecule has 0 bridgehead atoms. The lowest BCUT2D eigenvalue weighted by Crippen LogP contribution is -2.20. The highest BCUT2D eigenvalue weighted by atomic mass is 16.5. The molecule has 0 saturated heterocycles. The summed E-state index contributed by atoms with van der Waals surface area (Å²) in [7, 11) is 1.51. The Labute approximate surface area is 94.3 Å². The van der Waals surface area contributed by atoms with E-state index in [0.29, 0.717) is 11.4 Å². The van der Waals surface area contributed by atoms with Crippen molar-refractivity contribution in [2.75, 3.05) is 13.7 Å². The molecular weight excluding hydrogens is 210 g/mol. The Kier molecular flexibility index (Phi) is 4.67. The molecule has 0 fully saturated rings. The first-order valence-corrected chi connectivity index (χ1v) is 5.07. The highest BCUT2D eigenvalue weighted by Gasteiger charge is 2.20. The number of hydrogen-bond donors (Lipinski definition) is 3. The van der Waals surface area contributed by atoms with Gasteiger partial charge in [-0.15, -0.1) is 0 Å². The van der Waals surface area contributed by atoms with Crippen LogP contribution in [0.3, 0.4) is 0 Å². The quantitative estimate of drug-likeness (QED) is 0.668. The summed E-state index contributed by atoms with van der Waals surface area (Å²) in [5.74, 6) is 0.463. The van der Waals surface area contributed by atoms with Crippen LogP contribution in [0.15, 0.2) is 12.3 Å². The van der Waals surface area contributed by atoms with E-state index in [0.717, 1.165) is 5.56 Å². The van der Waals surface area contributed by atoms with Crippen LogP contribution in [0, 0.1) is 6.92 Å². The van der Waals surface area contributed by atoms with Gasteiger partial charge >= 0.3 is 0 Å². The van der Waals surface area contributed by atoms with Crippen LogP contribution >= 0.6 is 0 Å². The van der Waals surface area contributed by atoms with Gasteiger partial charge in [0.15, 0.2) is 0 Å². The van der Waals surface area contributed by atoms with Crippen LogP contribution < -0.4 is 4.74 Å². The minimum atomic E-state index is -1.04. The van der Waals surface area contributed by atoms with Crippen molar-refractivity contribution in [1.29, 1.82) is 0 Å². The monoisotopic (exact) mass is 227 g/mol. The zero-order valence-electron chi connectivity index (χ0n) is 9.42. The SMILES string of the molecule is COc1cc(C)c(C(O)C(O)CCO)cn1. The molecule has 5 heteroatoms. The van der Waals surface area contributed by atoms with E-state index in [1.807, 2.05) is 0 Å². The van der Waals surface area contributed by atoms with Crippen LogP contribution in [0.2, 0.25) is 0 Å². The maximum atomic E-state index is 9.82. The van der Waals surface area contributed by atoms with Gasteiger partial charge in [0.2, 0.25) is 5.88 Å². The number of aliphatic hydroxyl groups is 3. The van der Waals surface area contributed by atoms with Gasteiger partial charge in [-0.05, 0) is 18.9 Å². The fourth-order valence-corrected chi connectivity index (χ4v) is 1.46. The van der Waals surface area contributed by atoms with E-state index in [9.17, 15) is 10.2 Å². The van der Waals surface area contributed by atoms with Crippen LogP contribution in [0.4, 0.5) is 0 Å². The molecule has 0 aliphatic heterocycles. The molecule has 1 aromatic heterocycles. The topological polar surface area (TPSA) is 82.8 Å². The molecule has 2 atom stereocenters. The predicted octanol–water partition coefficient (Wildman–Crippen LogP) is 0.175. The highest BCUT2D eigenvalue weighted by Crippen LogP contribution is 2.23. The van der Waals surface area contributed by atoms with Crippen molar-refractivity contribution < 1.29 is 20.1 Å². The van der Waals surface area contributed by atoms with Gasteiger partial charge in [-0.2, -0.15) is 0 Å². The summed E-state index contributed by atoms with van der Waals surface area (Å²) in [6.07, 6.45) is -0.420. The highest BCUT2D eigenvalue weighted by molar-refractivity contribution is 5.30. The Hall–Kier alpha value is -1.17. The lowest BCUT2D eigenvalue weighted by Gasteiger charge is -2.18. The van der Waals surface area contributed by atoms with Crippen molar-refractivity contribution in [3.8, 4) is 5.88 Å². The minimum Gasteiger partial charge on any atom is -0.481 e. The third-order valence-corrected chi connectivity index (χ3v) is 2.44. The van der Waals surface area contributed by atoms with Gasteiger partial charge in [0.05, 0.1) is 13.2 Å². The van der Waals surface area contributed by atoms with Crippen LogP contribution in [-0.2, 0) is 0 Å². The molecule has 5 nitrogen and oxygen atoms in total. The summed E-state index contributed by atoms with van der Waals surface area (Å²) in [5.41, 5.74) is 1.33. The first-order valence-electron chi connectivity index (χ1n) is 5.07. The van der Waals surface area contributed by atoms with Crippen molar-refractivity contribution >= 4 is 0 Å². The number of aliphatic hydroxyl groups excluding tert-OH is 3. The molecule has 0 saturated carbocycles. The minimum absolute atomic E-state index is 0.132. The van der Waals surface area contributed by atoms with E-state index in [1.54, 1.807) is 13.0 Å². The third-order valence-electron chi connectivity index (χ3n) is 2.44. The largest absolute Gasteiger partial charge is 0.481 e. The molecule has 3 N–H and O–H groups in total. The van der Waals surface area contributed by atoms with Gasteiger partial charge in [-0.1, -0.05) is 0 Å². The Balaban J connectivity index is 2.87. The van der Waals surface area contributed by atoms with Gasteiger partial charge < -0.3 is 20.1 Å². The molecule has 0 aliphatic rings.